The third-order valence-electron chi connectivity index (χ3n) is 4.02. The number of nitrogens with zero attached hydrogens (tertiary/aromatic N) is 2. The Morgan fingerprint density at radius 1 is 1.26 bits per heavy atom. The van der Waals surface area contributed by atoms with Crippen LogP contribution in [-0.4, -0.2) is 15.5 Å². The average Bonchev–Trinajstić information content (AvgIpc) is 2.89. The molecule has 0 unspecified atom stereocenters. The summed E-state index contributed by atoms with van der Waals surface area (Å²) in [5.41, 5.74) is 4.19. The monoisotopic (exact) mass is 313 g/mol. The number of rotatable bonds is 6. The van der Waals surface area contributed by atoms with Crippen molar-refractivity contribution in [2.45, 2.75) is 46.6 Å². The van der Waals surface area contributed by atoms with Gasteiger partial charge >= 0.3 is 0 Å². The molecular weight excluding hydrogens is 286 g/mol. The van der Waals surface area contributed by atoms with Gasteiger partial charge in [-0.1, -0.05) is 39.8 Å². The summed E-state index contributed by atoms with van der Waals surface area (Å²) in [4.78, 5) is 16.7. The maximum atomic E-state index is 12.6. The van der Waals surface area contributed by atoms with Crippen molar-refractivity contribution in [1.29, 1.82) is 0 Å². The molecule has 4 nitrogen and oxygen atoms in total. The Labute approximate surface area is 138 Å². The molecule has 2 aromatic rings. The van der Waals surface area contributed by atoms with Gasteiger partial charge in [0.25, 0.3) is 5.91 Å². The standard InChI is InChI=1S/C19H27N3O/c1-13(2)8-16-9-15(14(3)4)6-7-18(16)19(23)21-11-17-10-20-12-22(17)5/h6-7,9-10,12-14H,8,11H2,1-5H3,(H,21,23). The summed E-state index contributed by atoms with van der Waals surface area (Å²) in [6.45, 7) is 9.20. The van der Waals surface area contributed by atoms with Gasteiger partial charge in [-0.15, -0.1) is 0 Å². The van der Waals surface area contributed by atoms with E-state index in [-0.39, 0.29) is 5.91 Å². The molecule has 0 atom stereocenters. The van der Waals surface area contributed by atoms with Crippen molar-refractivity contribution in [3.63, 3.8) is 0 Å². The summed E-state index contributed by atoms with van der Waals surface area (Å²) in [7, 11) is 1.93. The van der Waals surface area contributed by atoms with Gasteiger partial charge in [0.05, 0.1) is 18.6 Å². The van der Waals surface area contributed by atoms with Crippen molar-refractivity contribution >= 4 is 5.91 Å². The molecular formula is C19H27N3O. The van der Waals surface area contributed by atoms with E-state index in [9.17, 15) is 4.79 Å². The van der Waals surface area contributed by atoms with Crippen molar-refractivity contribution < 1.29 is 4.79 Å². The molecule has 0 spiro atoms. The van der Waals surface area contributed by atoms with Gasteiger partial charge in [0, 0.05) is 18.8 Å². The van der Waals surface area contributed by atoms with Crippen LogP contribution in [0.1, 0.15) is 60.8 Å². The number of carbonyl (C=O) groups is 1. The van der Waals surface area contributed by atoms with Gasteiger partial charge in [0.1, 0.15) is 0 Å². The highest BCUT2D eigenvalue weighted by Crippen LogP contribution is 2.21. The summed E-state index contributed by atoms with van der Waals surface area (Å²) in [6.07, 6.45) is 4.43. The van der Waals surface area contributed by atoms with Gasteiger partial charge in [-0.25, -0.2) is 4.98 Å². The van der Waals surface area contributed by atoms with E-state index in [1.807, 2.05) is 17.7 Å². The van der Waals surface area contributed by atoms with Crippen LogP contribution in [0.2, 0.25) is 0 Å². The largest absolute Gasteiger partial charge is 0.346 e. The number of nitrogens with one attached hydrogen (secondary N) is 1. The van der Waals surface area contributed by atoms with E-state index in [0.717, 1.165) is 23.2 Å². The van der Waals surface area contributed by atoms with E-state index in [1.165, 1.54) is 5.56 Å². The summed E-state index contributed by atoms with van der Waals surface area (Å²) in [6, 6.07) is 6.21. The molecule has 0 aliphatic rings. The van der Waals surface area contributed by atoms with E-state index < -0.39 is 0 Å². The molecule has 0 saturated heterocycles. The Balaban J connectivity index is 2.19. The van der Waals surface area contributed by atoms with E-state index >= 15 is 0 Å². The number of carbonyl (C=O) groups excluding carboxylic acids is 1. The Bertz CT molecular complexity index is 671. The zero-order valence-corrected chi connectivity index (χ0v) is 14.8. The molecule has 0 saturated carbocycles. The van der Waals surface area contributed by atoms with Crippen molar-refractivity contribution in [2.24, 2.45) is 13.0 Å². The molecule has 0 bridgehead atoms. The molecule has 0 aliphatic heterocycles. The first-order valence-electron chi connectivity index (χ1n) is 8.24. The number of aromatic nitrogens is 2. The minimum absolute atomic E-state index is 0.0165. The van der Waals surface area contributed by atoms with Crippen LogP contribution in [0.25, 0.3) is 0 Å². The lowest BCUT2D eigenvalue weighted by atomic mass is 9.92. The molecule has 1 aromatic carbocycles. The molecule has 124 valence electrons. The first-order valence-corrected chi connectivity index (χ1v) is 8.24. The highest BCUT2D eigenvalue weighted by atomic mass is 16.1. The van der Waals surface area contributed by atoms with Crippen molar-refractivity contribution in [1.82, 2.24) is 14.9 Å². The molecule has 23 heavy (non-hydrogen) atoms. The van der Waals surface area contributed by atoms with Gasteiger partial charge in [0.2, 0.25) is 0 Å². The average molecular weight is 313 g/mol. The van der Waals surface area contributed by atoms with Gasteiger partial charge in [-0.05, 0) is 35.4 Å². The van der Waals surface area contributed by atoms with Crippen molar-refractivity contribution in [3.8, 4) is 0 Å². The molecule has 1 heterocycles. The molecule has 0 fully saturated rings. The molecule has 0 aliphatic carbocycles. The summed E-state index contributed by atoms with van der Waals surface area (Å²) in [5, 5.41) is 3.00. The van der Waals surface area contributed by atoms with E-state index in [2.05, 4.69) is 50.1 Å². The van der Waals surface area contributed by atoms with Crippen LogP contribution in [0.5, 0.6) is 0 Å². The highest BCUT2D eigenvalue weighted by Gasteiger charge is 2.14. The fraction of sp³-hybridized carbons (Fsp3) is 0.474. The highest BCUT2D eigenvalue weighted by molar-refractivity contribution is 5.95. The minimum Gasteiger partial charge on any atom is -0.346 e. The van der Waals surface area contributed by atoms with Gasteiger partial charge in [-0.3, -0.25) is 4.79 Å². The van der Waals surface area contributed by atoms with E-state index in [0.29, 0.717) is 18.4 Å². The van der Waals surface area contributed by atoms with Crippen molar-refractivity contribution in [3.05, 3.63) is 53.1 Å². The zero-order valence-electron chi connectivity index (χ0n) is 14.8. The Morgan fingerprint density at radius 2 is 2.00 bits per heavy atom. The zero-order chi connectivity index (χ0) is 17.0. The van der Waals surface area contributed by atoms with Crippen LogP contribution in [0.15, 0.2) is 30.7 Å². The number of aryl methyl sites for hydroxylation is 1. The number of hydrogen-bond donors (Lipinski definition) is 1. The summed E-state index contributed by atoms with van der Waals surface area (Å²) in [5.74, 6) is 0.964. The van der Waals surface area contributed by atoms with Crippen LogP contribution in [0.3, 0.4) is 0 Å². The minimum atomic E-state index is -0.0165. The molecule has 1 aromatic heterocycles. The number of benzene rings is 1. The Kier molecular flexibility index (Phi) is 5.59. The number of imidazole rings is 1. The number of amides is 1. The second-order valence-electron chi connectivity index (χ2n) is 6.85. The van der Waals surface area contributed by atoms with Gasteiger partial charge < -0.3 is 9.88 Å². The topological polar surface area (TPSA) is 46.9 Å². The molecule has 1 N–H and O–H groups in total. The quantitative estimate of drug-likeness (QED) is 0.884. The van der Waals surface area contributed by atoms with E-state index in [4.69, 9.17) is 0 Å². The first-order chi connectivity index (χ1) is 10.9. The molecule has 0 radical (unpaired) electrons. The van der Waals surface area contributed by atoms with Crippen LogP contribution in [0.4, 0.5) is 0 Å². The lowest BCUT2D eigenvalue weighted by Gasteiger charge is -2.15. The van der Waals surface area contributed by atoms with Crippen LogP contribution >= 0.6 is 0 Å². The lowest BCUT2D eigenvalue weighted by molar-refractivity contribution is 0.0949. The van der Waals surface area contributed by atoms with Gasteiger partial charge in [0.15, 0.2) is 0 Å². The van der Waals surface area contributed by atoms with E-state index in [1.54, 1.807) is 12.5 Å². The molecule has 4 heteroatoms. The van der Waals surface area contributed by atoms with Gasteiger partial charge in [-0.2, -0.15) is 0 Å². The maximum Gasteiger partial charge on any atom is 0.251 e. The third kappa shape index (κ3) is 4.44. The smallest absolute Gasteiger partial charge is 0.251 e. The predicted molar refractivity (Wildman–Crippen MR) is 93.5 cm³/mol. The third-order valence-corrected chi connectivity index (χ3v) is 4.02. The van der Waals surface area contributed by atoms with Crippen LogP contribution < -0.4 is 5.32 Å². The summed E-state index contributed by atoms with van der Waals surface area (Å²) >= 11 is 0. The fourth-order valence-corrected chi connectivity index (χ4v) is 2.62. The second kappa shape index (κ2) is 7.44. The number of hydrogen-bond acceptors (Lipinski definition) is 2. The summed E-state index contributed by atoms with van der Waals surface area (Å²) < 4.78 is 1.91. The Hall–Kier alpha value is -2.10. The molecule has 1 amide bonds. The normalized spacial score (nSPS) is 11.3. The first kappa shape index (κ1) is 17.3. The molecule has 2 rings (SSSR count). The SMILES string of the molecule is CC(C)Cc1cc(C(C)C)ccc1C(=O)NCc1cncn1C. The fourth-order valence-electron chi connectivity index (χ4n) is 2.62. The lowest BCUT2D eigenvalue weighted by Crippen LogP contribution is -2.25. The predicted octanol–water partition coefficient (Wildman–Crippen LogP) is 3.67. The van der Waals surface area contributed by atoms with Crippen LogP contribution in [0, 0.1) is 5.92 Å². The Morgan fingerprint density at radius 3 is 2.57 bits per heavy atom. The van der Waals surface area contributed by atoms with Crippen LogP contribution in [-0.2, 0) is 20.0 Å². The maximum absolute atomic E-state index is 12.6. The van der Waals surface area contributed by atoms with Crippen molar-refractivity contribution in [2.75, 3.05) is 0 Å². The second-order valence-corrected chi connectivity index (χ2v) is 6.85.